The van der Waals surface area contributed by atoms with Crippen LogP contribution in [-0.4, -0.2) is 129 Å². The van der Waals surface area contributed by atoms with Gasteiger partial charge in [0.2, 0.25) is 0 Å². The maximum absolute atomic E-state index is 14.8. The number of methoxy groups -OCH3 is 1. The minimum absolute atomic E-state index is 0.0317. The highest BCUT2D eigenvalue weighted by Gasteiger charge is 2.60. The van der Waals surface area contributed by atoms with Crippen molar-refractivity contribution in [1.29, 1.82) is 5.16 Å². The van der Waals surface area contributed by atoms with Crippen LogP contribution in [0.2, 0.25) is 0 Å². The molecule has 0 radical (unpaired) electrons. The highest BCUT2D eigenvalue weighted by Crippen LogP contribution is 2.44. The highest BCUT2D eigenvalue weighted by atomic mass is 31.1. The Balaban J connectivity index is 1.42. The molecule has 4 heterocycles. The number of aryl methyl sites for hydroxylation is 1. The van der Waals surface area contributed by atoms with E-state index in [4.69, 9.17) is 28.8 Å². The predicted molar refractivity (Wildman–Crippen MR) is 228 cm³/mol. The molecule has 3 fully saturated rings. The second kappa shape index (κ2) is 19.8. The number of aliphatic hydroxyl groups is 1. The third-order valence-electron chi connectivity index (χ3n) is 13.6. The normalized spacial score (nSPS) is 37.2. The maximum Gasteiger partial charge on any atom is 0.410 e. The summed E-state index contributed by atoms with van der Waals surface area (Å²) in [5.74, 6) is -3.68. The minimum atomic E-state index is -1.37. The van der Waals surface area contributed by atoms with E-state index in [1.807, 2.05) is 86.1 Å². The van der Waals surface area contributed by atoms with Gasteiger partial charge in [-0.2, -0.15) is 0 Å². The highest BCUT2D eigenvalue weighted by molar-refractivity contribution is 7.35. The van der Waals surface area contributed by atoms with Gasteiger partial charge in [0.1, 0.15) is 17.6 Å². The van der Waals surface area contributed by atoms with Crippen LogP contribution in [0.15, 0.2) is 30.5 Å². The number of carbonyl (C=O) groups is 3. The van der Waals surface area contributed by atoms with Crippen LogP contribution in [0.4, 0.5) is 4.79 Å². The third kappa shape index (κ3) is 9.97. The van der Waals surface area contributed by atoms with E-state index in [9.17, 15) is 19.5 Å². The molecule has 0 aliphatic carbocycles. The first kappa shape index (κ1) is 47.7. The Kier molecular flexibility index (Phi) is 15.7. The van der Waals surface area contributed by atoms with E-state index in [-0.39, 0.29) is 30.3 Å². The smallest absolute Gasteiger partial charge is 0.410 e. The lowest BCUT2D eigenvalue weighted by molar-refractivity contribution is -0.287. The first-order valence-corrected chi connectivity index (χ1v) is 22.5. The number of rotatable bonds is 12. The molecule has 1 amide bonds. The molecule has 3 aliphatic heterocycles. The van der Waals surface area contributed by atoms with E-state index in [2.05, 4.69) is 22.1 Å². The van der Waals surface area contributed by atoms with Crippen molar-refractivity contribution in [2.24, 2.45) is 29.6 Å². The molecule has 0 bridgehead atoms. The molecular formula is C44H69N6O9P. The molecule has 334 valence electrons. The molecule has 0 spiro atoms. The number of hydrogen-bond acceptors (Lipinski definition) is 13. The number of amides is 1. The summed E-state index contributed by atoms with van der Waals surface area (Å²) < 4.78 is 33.8. The Bertz CT molecular complexity index is 1810. The third-order valence-corrected chi connectivity index (χ3v) is 14.1. The van der Waals surface area contributed by atoms with Gasteiger partial charge in [-0.3, -0.25) is 19.4 Å². The zero-order chi connectivity index (χ0) is 44.3. The predicted octanol–water partition coefficient (Wildman–Crippen LogP) is 6.33. The zero-order valence-electron chi connectivity index (χ0n) is 37.7. The Hall–Kier alpha value is -3.33. The van der Waals surface area contributed by atoms with E-state index in [0.29, 0.717) is 46.4 Å². The Labute approximate surface area is 357 Å². The number of ether oxygens (including phenoxy) is 5. The summed E-state index contributed by atoms with van der Waals surface area (Å²) in [6.45, 7) is 17.6. The number of unbranched alkanes of at least 4 members (excludes halogenated alkanes) is 1. The second-order valence-corrected chi connectivity index (χ2v) is 18.9. The van der Waals surface area contributed by atoms with Crippen LogP contribution < -0.4 is 5.30 Å². The number of ketones is 1. The number of carbonyl (C=O) groups excluding carboxylic acids is 3. The molecule has 0 saturated carbocycles. The van der Waals surface area contributed by atoms with Gasteiger partial charge in [-0.1, -0.05) is 52.0 Å². The van der Waals surface area contributed by atoms with Gasteiger partial charge in [-0.25, -0.2) is 4.79 Å². The minimum Gasteiger partial charge on any atom is -0.458 e. The average molecular weight is 857 g/mol. The van der Waals surface area contributed by atoms with Crippen LogP contribution in [0.5, 0.6) is 0 Å². The summed E-state index contributed by atoms with van der Waals surface area (Å²) >= 11 is 0. The molecule has 5 rings (SSSR count). The fraction of sp³-hybridized carbons (Fsp3) is 0.750. The number of nitrogens with one attached hydrogen (secondary N) is 1. The maximum atomic E-state index is 14.8. The lowest BCUT2D eigenvalue weighted by Crippen LogP contribution is -2.59. The lowest BCUT2D eigenvalue weighted by Gasteiger charge is -2.48. The van der Waals surface area contributed by atoms with Crippen molar-refractivity contribution in [1.82, 2.24) is 24.8 Å². The van der Waals surface area contributed by atoms with E-state index < -0.39 is 77.6 Å². The van der Waals surface area contributed by atoms with E-state index in [0.717, 1.165) is 17.3 Å². The van der Waals surface area contributed by atoms with Gasteiger partial charge in [0.25, 0.3) is 0 Å². The first-order valence-electron chi connectivity index (χ1n) is 21.6. The van der Waals surface area contributed by atoms with Gasteiger partial charge in [0.15, 0.2) is 11.9 Å². The molecule has 3 saturated heterocycles. The lowest BCUT2D eigenvalue weighted by atomic mass is 9.73. The quantitative estimate of drug-likeness (QED) is 0.138. The van der Waals surface area contributed by atoms with E-state index in [1.165, 1.54) is 0 Å². The summed E-state index contributed by atoms with van der Waals surface area (Å²) in [5, 5.41) is 29.2. The number of nitrogens with zero attached hydrogens (tertiary/aromatic N) is 5. The summed E-state index contributed by atoms with van der Waals surface area (Å²) in [6.07, 6.45) is 0.269. The molecular weight excluding hydrogens is 787 g/mol. The summed E-state index contributed by atoms with van der Waals surface area (Å²) in [5.41, 5.74) is -0.875. The van der Waals surface area contributed by atoms with Crippen molar-refractivity contribution in [3.63, 3.8) is 0 Å². The van der Waals surface area contributed by atoms with Crippen LogP contribution in [-0.2, 0) is 39.8 Å². The van der Waals surface area contributed by atoms with Crippen molar-refractivity contribution in [2.45, 2.75) is 155 Å². The van der Waals surface area contributed by atoms with Crippen LogP contribution in [0, 0.1) is 34.8 Å². The standard InChI is InChI=1S/C44H69N6O9P/c1-13-35-44(9)38(50(42(54)59-44)20-15-14-19-49-24-33(46-47-49)31-17-16-18-32(22-31)60-45)28(5)36(51)25(2)23-43(8,55-12)39(29(6)37(52)30(7)40(53)57-35)58-41-27(4)34(48(10)11)21-26(3)56-41/h16-18,22,24-30,34-35,37-39,41,45,52H,13-15,19-21,23H2,1-12H3/t25-,26-,27-,28+,29+,30-,34+,35-,37+,38+,39-,41+,43+,44-/m1/s1. The molecule has 1 aromatic heterocycles. The molecule has 15 nitrogen and oxygen atoms in total. The molecule has 60 heavy (non-hydrogen) atoms. The number of benzene rings is 1. The first-order chi connectivity index (χ1) is 28.3. The second-order valence-electron chi connectivity index (χ2n) is 18.2. The number of Topliss-reactive ketones (excluding diaryl/α,β-unsaturated/α-hetero) is 1. The Morgan fingerprint density at radius 1 is 1.03 bits per heavy atom. The largest absolute Gasteiger partial charge is 0.458 e. The molecule has 14 atom stereocenters. The van der Waals surface area contributed by atoms with Crippen molar-refractivity contribution >= 4 is 31.5 Å². The zero-order valence-corrected chi connectivity index (χ0v) is 38.6. The van der Waals surface area contributed by atoms with Gasteiger partial charge >= 0.3 is 12.1 Å². The van der Waals surface area contributed by atoms with Gasteiger partial charge < -0.3 is 38.6 Å². The molecule has 0 unspecified atom stereocenters. The van der Waals surface area contributed by atoms with Gasteiger partial charge in [0.05, 0.1) is 42.1 Å². The van der Waals surface area contributed by atoms with Crippen molar-refractivity contribution in [3.05, 3.63) is 30.5 Å². The van der Waals surface area contributed by atoms with Crippen molar-refractivity contribution in [2.75, 3.05) is 27.7 Å². The fourth-order valence-corrected chi connectivity index (χ4v) is 10.4. The van der Waals surface area contributed by atoms with Gasteiger partial charge in [-0.15, -0.1) is 5.10 Å². The number of esters is 1. The SMILES string of the molecule is CC[C@H]1OC(=O)[C@H](C)[C@@H](O)[C@H](C)[C@@H](O[C@@H]2O[C@H](C)C[C@H](N(C)C)[C@H]2C)[C@@](C)(OC)C[C@@H](C)C(=O)[C@H](C)[C@@H]2N(CCCCn3cc(-c4cccc(P=N)c4)nn3)C(=O)O[C@@]21C. The Morgan fingerprint density at radius 3 is 2.38 bits per heavy atom. The van der Waals surface area contributed by atoms with Gasteiger partial charge in [-0.05, 0) is 86.0 Å². The molecule has 2 aromatic rings. The Morgan fingerprint density at radius 2 is 1.73 bits per heavy atom. The van der Waals surface area contributed by atoms with Crippen molar-refractivity contribution < 1.29 is 43.2 Å². The van der Waals surface area contributed by atoms with Crippen LogP contribution in [0.1, 0.15) is 94.4 Å². The number of fused-ring (bicyclic) bond motifs is 1. The fourth-order valence-electron chi connectivity index (χ4n) is 10.0. The van der Waals surface area contributed by atoms with Crippen molar-refractivity contribution in [3.8, 4) is 11.3 Å². The summed E-state index contributed by atoms with van der Waals surface area (Å²) in [4.78, 5) is 46.6. The number of cyclic esters (lactones) is 1. The average Bonchev–Trinajstić information content (AvgIpc) is 3.80. The van der Waals surface area contributed by atoms with Gasteiger partial charge in [0, 0.05) is 69.2 Å². The molecule has 16 heteroatoms. The monoisotopic (exact) mass is 856 g/mol. The summed E-state index contributed by atoms with van der Waals surface area (Å²) in [7, 11) is 6.10. The number of hydrogen-bond donors (Lipinski definition) is 2. The molecule has 3 aliphatic rings. The van der Waals surface area contributed by atoms with Crippen LogP contribution >= 0.6 is 8.37 Å². The molecule has 1 aromatic carbocycles. The summed E-state index contributed by atoms with van der Waals surface area (Å²) in [6, 6.07) is 7.08. The van der Waals surface area contributed by atoms with Crippen LogP contribution in [0.25, 0.3) is 11.3 Å². The van der Waals surface area contributed by atoms with E-state index >= 15 is 0 Å². The number of aromatic nitrogens is 3. The topological polar surface area (TPSA) is 179 Å². The molecule has 2 N–H and O–H groups in total. The number of aliphatic hydroxyl groups excluding tert-OH is 1. The van der Waals surface area contributed by atoms with E-state index in [1.54, 1.807) is 30.5 Å². The van der Waals surface area contributed by atoms with Crippen LogP contribution in [0.3, 0.4) is 0 Å².